The van der Waals surface area contributed by atoms with E-state index in [1.807, 2.05) is 82.4 Å². The van der Waals surface area contributed by atoms with E-state index >= 15 is 0 Å². The molecule has 2 aromatic carbocycles. The van der Waals surface area contributed by atoms with Gasteiger partial charge >= 0.3 is 0 Å². The average molecular weight is 311 g/mol. The summed E-state index contributed by atoms with van der Waals surface area (Å²) < 4.78 is 5.73. The van der Waals surface area contributed by atoms with Crippen molar-refractivity contribution >= 4 is 5.91 Å². The van der Waals surface area contributed by atoms with Crippen LogP contribution in [0, 0.1) is 6.92 Å². The Morgan fingerprint density at radius 1 is 1.09 bits per heavy atom. The van der Waals surface area contributed by atoms with Gasteiger partial charge < -0.3 is 9.64 Å². The van der Waals surface area contributed by atoms with Gasteiger partial charge in [0, 0.05) is 7.05 Å². The molecule has 0 spiro atoms. The predicted molar refractivity (Wildman–Crippen MR) is 93.8 cm³/mol. The molecule has 0 unspecified atom stereocenters. The van der Waals surface area contributed by atoms with Crippen molar-refractivity contribution in [1.29, 1.82) is 0 Å². The molecule has 0 fully saturated rings. The minimum Gasteiger partial charge on any atom is -0.492 e. The number of rotatable bonds is 6. The first kappa shape index (κ1) is 17.1. The van der Waals surface area contributed by atoms with Gasteiger partial charge in [-0.25, -0.2) is 0 Å². The van der Waals surface area contributed by atoms with Crippen molar-refractivity contribution in [2.75, 3.05) is 20.2 Å². The highest BCUT2D eigenvalue weighted by Gasteiger charge is 2.32. The fourth-order valence-electron chi connectivity index (χ4n) is 2.56. The molecule has 0 saturated carbocycles. The molecule has 2 aromatic rings. The van der Waals surface area contributed by atoms with E-state index < -0.39 is 5.41 Å². The smallest absolute Gasteiger partial charge is 0.232 e. The summed E-state index contributed by atoms with van der Waals surface area (Å²) >= 11 is 0. The van der Waals surface area contributed by atoms with Crippen molar-refractivity contribution in [2.24, 2.45) is 0 Å². The molecule has 3 nitrogen and oxygen atoms in total. The fourth-order valence-corrected chi connectivity index (χ4v) is 2.56. The molecule has 0 N–H and O–H groups in total. The summed E-state index contributed by atoms with van der Waals surface area (Å²) in [4.78, 5) is 14.5. The maximum Gasteiger partial charge on any atom is 0.232 e. The number of ether oxygens (including phenoxy) is 1. The van der Waals surface area contributed by atoms with Crippen LogP contribution in [0.25, 0.3) is 0 Å². The molecule has 0 bridgehead atoms. The highest BCUT2D eigenvalue weighted by Crippen LogP contribution is 2.25. The van der Waals surface area contributed by atoms with E-state index in [9.17, 15) is 4.79 Å². The Balaban J connectivity index is 1.92. The number of amides is 1. The molecule has 23 heavy (non-hydrogen) atoms. The lowest BCUT2D eigenvalue weighted by Gasteiger charge is -2.29. The van der Waals surface area contributed by atoms with Gasteiger partial charge in [0.15, 0.2) is 0 Å². The van der Waals surface area contributed by atoms with Crippen LogP contribution < -0.4 is 4.74 Å². The van der Waals surface area contributed by atoms with Gasteiger partial charge in [-0.2, -0.15) is 0 Å². The van der Waals surface area contributed by atoms with Crippen molar-refractivity contribution in [3.8, 4) is 5.75 Å². The van der Waals surface area contributed by atoms with E-state index in [-0.39, 0.29) is 5.91 Å². The quantitative estimate of drug-likeness (QED) is 0.812. The molecular formula is C20H25NO2. The van der Waals surface area contributed by atoms with Gasteiger partial charge in [0.05, 0.1) is 12.0 Å². The number of carbonyl (C=O) groups excluding carboxylic acids is 1. The van der Waals surface area contributed by atoms with Gasteiger partial charge in [0.1, 0.15) is 12.4 Å². The molecule has 0 atom stereocenters. The molecule has 0 aromatic heterocycles. The normalized spacial score (nSPS) is 11.1. The summed E-state index contributed by atoms with van der Waals surface area (Å²) in [7, 11) is 1.83. The highest BCUT2D eigenvalue weighted by molar-refractivity contribution is 5.87. The first-order chi connectivity index (χ1) is 10.9. The Morgan fingerprint density at radius 2 is 1.78 bits per heavy atom. The number of nitrogens with zero attached hydrogens (tertiary/aromatic N) is 1. The molecule has 0 aliphatic rings. The number of hydrogen-bond acceptors (Lipinski definition) is 2. The summed E-state index contributed by atoms with van der Waals surface area (Å²) in [5.74, 6) is 0.935. The van der Waals surface area contributed by atoms with Gasteiger partial charge in [0.2, 0.25) is 5.91 Å². The fraction of sp³-hybridized carbons (Fsp3) is 0.350. The lowest BCUT2D eigenvalue weighted by Crippen LogP contribution is -2.42. The van der Waals surface area contributed by atoms with Crippen LogP contribution in [0.4, 0.5) is 0 Å². The van der Waals surface area contributed by atoms with Crippen LogP contribution in [0.2, 0.25) is 0 Å². The van der Waals surface area contributed by atoms with Crippen LogP contribution in [0.15, 0.2) is 54.6 Å². The molecule has 2 rings (SSSR count). The van der Waals surface area contributed by atoms with Crippen molar-refractivity contribution in [2.45, 2.75) is 26.2 Å². The molecule has 0 aliphatic heterocycles. The third-order valence-electron chi connectivity index (χ3n) is 4.06. The van der Waals surface area contributed by atoms with Crippen LogP contribution in [0.3, 0.4) is 0 Å². The average Bonchev–Trinajstić information content (AvgIpc) is 2.55. The maximum atomic E-state index is 12.7. The Bertz CT molecular complexity index is 650. The molecule has 0 saturated heterocycles. The summed E-state index contributed by atoms with van der Waals surface area (Å²) in [6.45, 7) is 7.00. The van der Waals surface area contributed by atoms with Crippen molar-refractivity contribution in [1.82, 2.24) is 4.90 Å². The number of benzene rings is 2. The van der Waals surface area contributed by atoms with Crippen LogP contribution in [0.1, 0.15) is 25.0 Å². The zero-order valence-corrected chi connectivity index (χ0v) is 14.4. The lowest BCUT2D eigenvalue weighted by atomic mass is 9.83. The van der Waals surface area contributed by atoms with Crippen molar-refractivity contribution in [3.63, 3.8) is 0 Å². The van der Waals surface area contributed by atoms with Crippen LogP contribution >= 0.6 is 0 Å². The van der Waals surface area contributed by atoms with E-state index in [2.05, 4.69) is 0 Å². The van der Waals surface area contributed by atoms with Crippen molar-refractivity contribution in [3.05, 3.63) is 65.7 Å². The highest BCUT2D eigenvalue weighted by atomic mass is 16.5. The first-order valence-electron chi connectivity index (χ1n) is 7.92. The standard InChI is InChI=1S/C20H25NO2/c1-16-9-8-12-18(15-16)23-14-13-21(4)19(22)20(2,3)17-10-6-5-7-11-17/h5-12,15H,13-14H2,1-4H3. The van der Waals surface area contributed by atoms with E-state index in [0.717, 1.165) is 16.9 Å². The number of likely N-dealkylation sites (N-methyl/N-ethyl adjacent to an activating group) is 1. The number of carbonyl (C=O) groups is 1. The first-order valence-corrected chi connectivity index (χ1v) is 7.92. The molecule has 1 amide bonds. The van der Waals surface area contributed by atoms with Gasteiger partial charge in [-0.15, -0.1) is 0 Å². The molecule has 0 aliphatic carbocycles. The summed E-state index contributed by atoms with van der Waals surface area (Å²) in [5.41, 5.74) is 1.65. The van der Waals surface area contributed by atoms with Crippen LogP contribution in [0.5, 0.6) is 5.75 Å². The van der Waals surface area contributed by atoms with Crippen LogP contribution in [-0.2, 0) is 10.2 Å². The molecule has 0 radical (unpaired) electrons. The second kappa shape index (κ2) is 7.32. The van der Waals surface area contributed by atoms with Gasteiger partial charge in [-0.1, -0.05) is 42.5 Å². The Kier molecular flexibility index (Phi) is 5.43. The van der Waals surface area contributed by atoms with E-state index in [1.165, 1.54) is 0 Å². The Hall–Kier alpha value is -2.29. The lowest BCUT2D eigenvalue weighted by molar-refractivity contribution is -0.135. The van der Waals surface area contributed by atoms with Crippen molar-refractivity contribution < 1.29 is 9.53 Å². The second-order valence-corrected chi connectivity index (χ2v) is 6.38. The topological polar surface area (TPSA) is 29.5 Å². The van der Waals surface area contributed by atoms with E-state index in [0.29, 0.717) is 13.2 Å². The minimum absolute atomic E-state index is 0.0940. The zero-order valence-electron chi connectivity index (χ0n) is 14.4. The third kappa shape index (κ3) is 4.35. The SMILES string of the molecule is Cc1cccc(OCCN(C)C(=O)C(C)(C)c2ccccc2)c1. The Morgan fingerprint density at radius 3 is 2.43 bits per heavy atom. The second-order valence-electron chi connectivity index (χ2n) is 6.38. The minimum atomic E-state index is -0.542. The van der Waals surface area contributed by atoms with Gasteiger partial charge in [0.25, 0.3) is 0 Å². The summed E-state index contributed by atoms with van der Waals surface area (Å²) in [6, 6.07) is 17.8. The zero-order chi connectivity index (χ0) is 16.9. The third-order valence-corrected chi connectivity index (χ3v) is 4.06. The van der Waals surface area contributed by atoms with Gasteiger partial charge in [-0.3, -0.25) is 4.79 Å². The largest absolute Gasteiger partial charge is 0.492 e. The molecular weight excluding hydrogens is 286 g/mol. The molecule has 0 heterocycles. The Labute approximate surface area is 138 Å². The molecule has 3 heteroatoms. The van der Waals surface area contributed by atoms with E-state index in [1.54, 1.807) is 4.90 Å². The van der Waals surface area contributed by atoms with E-state index in [4.69, 9.17) is 4.74 Å². The number of hydrogen-bond donors (Lipinski definition) is 0. The molecule has 122 valence electrons. The predicted octanol–water partition coefficient (Wildman–Crippen LogP) is 3.81. The monoisotopic (exact) mass is 311 g/mol. The number of aryl methyl sites for hydroxylation is 1. The van der Waals surface area contributed by atoms with Crippen LogP contribution in [-0.4, -0.2) is 31.0 Å². The van der Waals surface area contributed by atoms with Gasteiger partial charge in [-0.05, 0) is 44.0 Å². The summed E-state index contributed by atoms with van der Waals surface area (Å²) in [6.07, 6.45) is 0. The maximum absolute atomic E-state index is 12.7. The summed E-state index contributed by atoms with van der Waals surface area (Å²) in [5, 5.41) is 0.